The molecule has 0 heterocycles. The van der Waals surface area contributed by atoms with Crippen LogP contribution in [0.5, 0.6) is 5.75 Å². The van der Waals surface area contributed by atoms with Gasteiger partial charge in [0.1, 0.15) is 12.4 Å². The number of alkyl halides is 1. The largest absolute Gasteiger partial charge is 0.491 e. The number of aryl methyl sites for hydroxylation is 1. The summed E-state index contributed by atoms with van der Waals surface area (Å²) in [6.45, 7) is 11.8. The summed E-state index contributed by atoms with van der Waals surface area (Å²) < 4.78 is 50.5. The highest BCUT2D eigenvalue weighted by molar-refractivity contribution is 14.1. The second-order valence-electron chi connectivity index (χ2n) is 9.60. The molecule has 1 aromatic carbocycles. The van der Waals surface area contributed by atoms with Crippen LogP contribution in [0.15, 0.2) is 24.3 Å². The van der Waals surface area contributed by atoms with E-state index in [-0.39, 0.29) is 0 Å². The lowest BCUT2D eigenvalue weighted by Gasteiger charge is -2.09. The molecule has 0 unspecified atom stereocenters. The molecule has 0 fully saturated rings. The molecule has 0 bridgehead atoms. The first-order valence-corrected chi connectivity index (χ1v) is 17.3. The van der Waals surface area contributed by atoms with Crippen LogP contribution in [0.3, 0.4) is 0 Å². The maximum absolute atomic E-state index is 5.76. The normalized spacial score (nSPS) is 11.4. The number of benzene rings is 1. The zero-order chi connectivity index (χ0) is 30.0. The Kier molecular flexibility index (Phi) is 31.3. The summed E-state index contributed by atoms with van der Waals surface area (Å²) in [5, 5.41) is 0. The van der Waals surface area contributed by atoms with Crippen LogP contribution in [0.2, 0.25) is 0 Å². The monoisotopic (exact) mass is 712 g/mol. The number of unbranched alkanes of at least 4 members (excludes halogenated alkanes) is 5. The van der Waals surface area contributed by atoms with Gasteiger partial charge in [-0.2, -0.15) is 0 Å². The summed E-state index contributed by atoms with van der Waals surface area (Å²) in [6, 6.07) is 8.45. The predicted octanol–water partition coefficient (Wildman–Crippen LogP) is 5.54. The fraction of sp³-hybridized carbons (Fsp3) is 0.812. The molecule has 0 N–H and O–H groups in total. The SMILES string of the molecule is CCCCCCCCc1ccc(OCCOCCOCCOCCOCCOCCOCCOCCOCCI)cc1. The van der Waals surface area contributed by atoms with Gasteiger partial charge in [0.25, 0.3) is 0 Å². The zero-order valence-electron chi connectivity index (χ0n) is 26.0. The molecule has 0 amide bonds. The van der Waals surface area contributed by atoms with Crippen molar-refractivity contribution in [3.63, 3.8) is 0 Å². The van der Waals surface area contributed by atoms with Gasteiger partial charge in [0.15, 0.2) is 0 Å². The second-order valence-corrected chi connectivity index (χ2v) is 10.7. The number of hydrogen-bond acceptors (Lipinski definition) is 9. The lowest BCUT2D eigenvalue weighted by Crippen LogP contribution is -2.15. The second kappa shape index (κ2) is 33.3. The smallest absolute Gasteiger partial charge is 0.119 e. The van der Waals surface area contributed by atoms with Crippen LogP contribution in [-0.4, -0.2) is 117 Å². The Morgan fingerprint density at radius 1 is 0.429 bits per heavy atom. The molecule has 9 nitrogen and oxygen atoms in total. The highest BCUT2D eigenvalue weighted by atomic mass is 127. The summed E-state index contributed by atoms with van der Waals surface area (Å²) in [5.41, 5.74) is 1.38. The highest BCUT2D eigenvalue weighted by Crippen LogP contribution is 2.15. The van der Waals surface area contributed by atoms with Gasteiger partial charge in [0.05, 0.1) is 106 Å². The third kappa shape index (κ3) is 28.2. The van der Waals surface area contributed by atoms with E-state index in [9.17, 15) is 0 Å². The molecule has 0 aliphatic carbocycles. The number of rotatable bonds is 34. The van der Waals surface area contributed by atoms with Gasteiger partial charge in [0, 0.05) is 4.43 Å². The fourth-order valence-corrected chi connectivity index (χ4v) is 4.09. The Hall–Kier alpha value is -0.570. The van der Waals surface area contributed by atoms with E-state index in [2.05, 4.69) is 53.8 Å². The van der Waals surface area contributed by atoms with Gasteiger partial charge in [-0.3, -0.25) is 0 Å². The average Bonchev–Trinajstić information content (AvgIpc) is 3.01. The van der Waals surface area contributed by atoms with Crippen LogP contribution in [-0.2, 0) is 44.3 Å². The van der Waals surface area contributed by atoms with Crippen molar-refractivity contribution in [1.29, 1.82) is 0 Å². The van der Waals surface area contributed by atoms with E-state index in [0.717, 1.165) is 23.2 Å². The van der Waals surface area contributed by atoms with Gasteiger partial charge in [-0.1, -0.05) is 73.8 Å². The molecule has 246 valence electrons. The first kappa shape index (κ1) is 39.5. The maximum Gasteiger partial charge on any atom is 0.119 e. The molecule has 0 saturated carbocycles. The van der Waals surface area contributed by atoms with Gasteiger partial charge >= 0.3 is 0 Å². The third-order valence-electron chi connectivity index (χ3n) is 6.06. The Labute approximate surface area is 268 Å². The lowest BCUT2D eigenvalue weighted by molar-refractivity contribution is -0.0233. The van der Waals surface area contributed by atoms with E-state index in [1.54, 1.807) is 0 Å². The first-order valence-electron chi connectivity index (χ1n) is 15.8. The van der Waals surface area contributed by atoms with Crippen LogP contribution in [0.4, 0.5) is 0 Å². The van der Waals surface area contributed by atoms with E-state index >= 15 is 0 Å². The fourth-order valence-electron chi connectivity index (χ4n) is 3.78. The highest BCUT2D eigenvalue weighted by Gasteiger charge is 1.99. The first-order chi connectivity index (χ1) is 20.9. The number of halogens is 1. The third-order valence-corrected chi connectivity index (χ3v) is 6.50. The van der Waals surface area contributed by atoms with Crippen molar-refractivity contribution in [2.45, 2.75) is 51.9 Å². The minimum absolute atomic E-state index is 0.531. The van der Waals surface area contributed by atoms with Crippen molar-refractivity contribution >= 4 is 22.6 Å². The van der Waals surface area contributed by atoms with Crippen molar-refractivity contribution in [3.05, 3.63) is 29.8 Å². The molecule has 0 atom stereocenters. The minimum atomic E-state index is 0.531. The lowest BCUT2D eigenvalue weighted by atomic mass is 10.0. The van der Waals surface area contributed by atoms with Crippen molar-refractivity contribution < 1.29 is 42.6 Å². The van der Waals surface area contributed by atoms with Crippen molar-refractivity contribution in [2.24, 2.45) is 0 Å². The van der Waals surface area contributed by atoms with Crippen LogP contribution in [0.25, 0.3) is 0 Å². The van der Waals surface area contributed by atoms with Crippen LogP contribution in [0.1, 0.15) is 51.0 Å². The Bertz CT molecular complexity index is 651. The van der Waals surface area contributed by atoms with Crippen LogP contribution in [0, 0.1) is 0 Å². The van der Waals surface area contributed by atoms with E-state index < -0.39 is 0 Å². The molecule has 0 radical (unpaired) electrons. The topological polar surface area (TPSA) is 83.1 Å². The van der Waals surface area contributed by atoms with Gasteiger partial charge in [-0.25, -0.2) is 0 Å². The van der Waals surface area contributed by atoms with Gasteiger partial charge in [-0.15, -0.1) is 0 Å². The van der Waals surface area contributed by atoms with E-state index in [4.69, 9.17) is 42.6 Å². The Balaban J connectivity index is 1.73. The molecule has 0 aromatic heterocycles. The summed E-state index contributed by atoms with van der Waals surface area (Å²) in [5.74, 6) is 0.890. The molecule has 1 aromatic rings. The van der Waals surface area contributed by atoms with E-state index in [1.807, 2.05) is 0 Å². The van der Waals surface area contributed by atoms with E-state index in [1.165, 1.54) is 44.1 Å². The molecule has 10 heteroatoms. The molecular formula is C32H57IO9. The van der Waals surface area contributed by atoms with Crippen molar-refractivity contribution in [1.82, 2.24) is 0 Å². The van der Waals surface area contributed by atoms with Crippen molar-refractivity contribution in [2.75, 3.05) is 117 Å². The predicted molar refractivity (Wildman–Crippen MR) is 174 cm³/mol. The summed E-state index contributed by atoms with van der Waals surface area (Å²) >= 11 is 2.28. The van der Waals surface area contributed by atoms with E-state index in [0.29, 0.717) is 106 Å². The quantitative estimate of drug-likeness (QED) is 0.0520. The van der Waals surface area contributed by atoms with Crippen LogP contribution >= 0.6 is 22.6 Å². The number of hydrogen-bond donors (Lipinski definition) is 0. The molecule has 0 aliphatic rings. The standard InChI is InChI=1S/C32H57IO9/c1-2-3-4-5-6-7-8-31-9-11-32(12-10-31)42-30-29-41-28-27-40-26-25-39-24-23-38-22-21-37-20-19-36-18-17-35-16-15-34-14-13-33/h9-12H,2-8,13-30H2,1H3. The summed E-state index contributed by atoms with van der Waals surface area (Å²) in [7, 11) is 0. The average molecular weight is 713 g/mol. The Morgan fingerprint density at radius 3 is 1.19 bits per heavy atom. The van der Waals surface area contributed by atoms with Crippen LogP contribution < -0.4 is 4.74 Å². The molecule has 1 rings (SSSR count). The molecule has 0 spiro atoms. The Morgan fingerprint density at radius 2 is 0.786 bits per heavy atom. The van der Waals surface area contributed by atoms with Gasteiger partial charge in [-0.05, 0) is 30.5 Å². The number of ether oxygens (including phenoxy) is 9. The van der Waals surface area contributed by atoms with Crippen molar-refractivity contribution in [3.8, 4) is 5.75 Å². The van der Waals surface area contributed by atoms with Gasteiger partial charge < -0.3 is 42.6 Å². The summed E-state index contributed by atoms with van der Waals surface area (Å²) in [4.78, 5) is 0. The van der Waals surface area contributed by atoms with Gasteiger partial charge in [0.2, 0.25) is 0 Å². The molecule has 0 aliphatic heterocycles. The maximum atomic E-state index is 5.76. The zero-order valence-corrected chi connectivity index (χ0v) is 28.2. The molecular weight excluding hydrogens is 655 g/mol. The minimum Gasteiger partial charge on any atom is -0.491 e. The molecule has 42 heavy (non-hydrogen) atoms. The molecule has 0 saturated heterocycles. The summed E-state index contributed by atoms with van der Waals surface area (Å²) in [6.07, 6.45) is 9.12.